The van der Waals surface area contributed by atoms with Crippen LogP contribution in [-0.2, 0) is 16.1 Å². The smallest absolute Gasteiger partial charge is 0.341 e. The van der Waals surface area contributed by atoms with E-state index in [9.17, 15) is 14.7 Å². The number of esters is 1. The number of hydrogen-bond acceptors (Lipinski definition) is 5. The van der Waals surface area contributed by atoms with Crippen molar-refractivity contribution >= 4 is 11.9 Å². The van der Waals surface area contributed by atoms with Crippen molar-refractivity contribution in [2.75, 3.05) is 13.7 Å². The number of carbonyl (C=O) groups is 2. The summed E-state index contributed by atoms with van der Waals surface area (Å²) in [7, 11) is 1.30. The topological polar surface area (TPSA) is 88.8 Å². The maximum Gasteiger partial charge on any atom is 0.341 e. The zero-order valence-corrected chi connectivity index (χ0v) is 12.1. The maximum atomic E-state index is 11.3. The molecule has 0 aromatic carbocycles. The van der Waals surface area contributed by atoms with Crippen molar-refractivity contribution in [3.63, 3.8) is 0 Å². The summed E-state index contributed by atoms with van der Waals surface area (Å²) in [5, 5.41) is 12.4. The zero-order valence-electron chi connectivity index (χ0n) is 12.1. The minimum Gasteiger partial charge on any atom is -0.481 e. The van der Waals surface area contributed by atoms with Gasteiger partial charge in [0.25, 0.3) is 0 Å². The van der Waals surface area contributed by atoms with Gasteiger partial charge in [0.2, 0.25) is 0 Å². The van der Waals surface area contributed by atoms with Crippen molar-refractivity contribution in [2.24, 2.45) is 5.41 Å². The van der Waals surface area contributed by atoms with Crippen LogP contribution in [0.1, 0.15) is 42.8 Å². The van der Waals surface area contributed by atoms with Gasteiger partial charge in [-0.15, -0.1) is 0 Å². The highest BCUT2D eigenvalue weighted by molar-refractivity contribution is 5.88. The second kappa shape index (κ2) is 7.09. The van der Waals surface area contributed by atoms with Crippen molar-refractivity contribution in [3.8, 4) is 0 Å². The first-order valence-electron chi connectivity index (χ1n) is 6.59. The Morgan fingerprint density at radius 1 is 1.40 bits per heavy atom. The molecule has 6 nitrogen and oxygen atoms in total. The lowest BCUT2D eigenvalue weighted by Gasteiger charge is -2.26. The number of furan rings is 1. The lowest BCUT2D eigenvalue weighted by atomic mass is 9.82. The van der Waals surface area contributed by atoms with Gasteiger partial charge < -0.3 is 19.6 Å². The Labute approximate surface area is 118 Å². The summed E-state index contributed by atoms with van der Waals surface area (Å²) in [6.45, 7) is 4.44. The van der Waals surface area contributed by atoms with Gasteiger partial charge >= 0.3 is 11.9 Å². The Morgan fingerprint density at radius 2 is 2.05 bits per heavy atom. The molecule has 0 bridgehead atoms. The van der Waals surface area contributed by atoms with Gasteiger partial charge in [0, 0.05) is 6.54 Å². The number of methoxy groups -OCH3 is 1. The molecule has 6 heteroatoms. The average molecular weight is 283 g/mol. The Balaban J connectivity index is 2.57. The molecule has 1 heterocycles. The zero-order chi connectivity index (χ0) is 15.2. The molecule has 0 atom stereocenters. The van der Waals surface area contributed by atoms with Crippen molar-refractivity contribution < 1.29 is 23.8 Å². The Bertz CT molecular complexity index is 462. The molecule has 0 aliphatic rings. The Morgan fingerprint density at radius 3 is 2.55 bits per heavy atom. The van der Waals surface area contributed by atoms with Crippen LogP contribution < -0.4 is 5.32 Å². The van der Waals surface area contributed by atoms with E-state index in [2.05, 4.69) is 10.1 Å². The third-order valence-corrected chi connectivity index (χ3v) is 3.64. The number of nitrogens with one attached hydrogen (secondary N) is 1. The quantitative estimate of drug-likeness (QED) is 0.710. The third kappa shape index (κ3) is 3.60. The molecule has 2 N–H and O–H groups in total. The van der Waals surface area contributed by atoms with Gasteiger partial charge in [-0.2, -0.15) is 0 Å². The molecule has 0 saturated carbocycles. The van der Waals surface area contributed by atoms with Gasteiger partial charge in [0.15, 0.2) is 0 Å². The number of carboxylic acid groups (broad SMARTS) is 1. The molecule has 0 spiro atoms. The van der Waals surface area contributed by atoms with E-state index in [4.69, 9.17) is 4.42 Å². The molecule has 0 unspecified atom stereocenters. The molecular weight excluding hydrogens is 262 g/mol. The van der Waals surface area contributed by atoms with Crippen molar-refractivity contribution in [2.45, 2.75) is 33.2 Å². The summed E-state index contributed by atoms with van der Waals surface area (Å²) in [6, 6.07) is 1.58. The van der Waals surface area contributed by atoms with Gasteiger partial charge in [-0.05, 0) is 18.9 Å². The molecule has 1 aromatic heterocycles. The normalized spacial score (nSPS) is 11.3. The Kier molecular flexibility index (Phi) is 5.76. The van der Waals surface area contributed by atoms with Gasteiger partial charge in [-0.25, -0.2) is 4.79 Å². The van der Waals surface area contributed by atoms with Crippen LogP contribution in [0.2, 0.25) is 0 Å². The van der Waals surface area contributed by atoms with Crippen LogP contribution in [0, 0.1) is 5.41 Å². The minimum atomic E-state index is -0.801. The fraction of sp³-hybridized carbons (Fsp3) is 0.571. The van der Waals surface area contributed by atoms with Crippen LogP contribution in [0.4, 0.5) is 0 Å². The van der Waals surface area contributed by atoms with Crippen LogP contribution in [0.3, 0.4) is 0 Å². The van der Waals surface area contributed by atoms with Crippen LogP contribution >= 0.6 is 0 Å². The number of carboxylic acids is 1. The maximum absolute atomic E-state index is 11.3. The van der Waals surface area contributed by atoms with E-state index in [-0.39, 0.29) is 0 Å². The highest BCUT2D eigenvalue weighted by Crippen LogP contribution is 2.25. The molecule has 1 aromatic rings. The standard InChI is InChI=1S/C14H21NO5/c1-4-14(5-2,13(17)18)9-15-7-11-6-10(8-20-11)12(16)19-3/h6,8,15H,4-5,7,9H2,1-3H3,(H,17,18). The van der Waals surface area contributed by atoms with Gasteiger partial charge in [0.1, 0.15) is 12.0 Å². The van der Waals surface area contributed by atoms with Crippen molar-refractivity contribution in [1.29, 1.82) is 0 Å². The summed E-state index contributed by atoms with van der Waals surface area (Å²) in [4.78, 5) is 22.6. The SMILES string of the molecule is CCC(CC)(CNCc1cc(C(=O)OC)co1)C(=O)O. The molecule has 0 aliphatic carbocycles. The van der Waals surface area contributed by atoms with E-state index in [1.165, 1.54) is 13.4 Å². The first-order chi connectivity index (χ1) is 9.49. The molecule has 20 heavy (non-hydrogen) atoms. The lowest BCUT2D eigenvalue weighted by molar-refractivity contribution is -0.149. The Hall–Kier alpha value is -1.82. The number of aliphatic carboxylic acids is 1. The third-order valence-electron chi connectivity index (χ3n) is 3.64. The highest BCUT2D eigenvalue weighted by atomic mass is 16.5. The molecule has 0 fully saturated rings. The fourth-order valence-electron chi connectivity index (χ4n) is 2.00. The molecule has 0 radical (unpaired) electrons. The van der Waals surface area contributed by atoms with E-state index < -0.39 is 17.4 Å². The first-order valence-corrected chi connectivity index (χ1v) is 6.59. The molecule has 112 valence electrons. The van der Waals surface area contributed by atoms with Gasteiger partial charge in [-0.1, -0.05) is 13.8 Å². The fourth-order valence-corrected chi connectivity index (χ4v) is 2.00. The second-order valence-corrected chi connectivity index (χ2v) is 4.69. The van der Waals surface area contributed by atoms with Crippen molar-refractivity contribution in [3.05, 3.63) is 23.7 Å². The van der Waals surface area contributed by atoms with Gasteiger partial charge in [-0.3, -0.25) is 4.79 Å². The van der Waals surface area contributed by atoms with Crippen LogP contribution in [-0.4, -0.2) is 30.7 Å². The minimum absolute atomic E-state index is 0.347. The summed E-state index contributed by atoms with van der Waals surface area (Å²) >= 11 is 0. The number of ether oxygens (including phenoxy) is 1. The summed E-state index contributed by atoms with van der Waals surface area (Å²) in [5.74, 6) is -0.691. The highest BCUT2D eigenvalue weighted by Gasteiger charge is 2.34. The van der Waals surface area contributed by atoms with E-state index in [0.717, 1.165) is 0 Å². The van der Waals surface area contributed by atoms with E-state index in [1.807, 2.05) is 13.8 Å². The van der Waals surface area contributed by atoms with E-state index >= 15 is 0 Å². The largest absolute Gasteiger partial charge is 0.481 e. The summed E-state index contributed by atoms with van der Waals surface area (Å²) < 4.78 is 9.80. The molecule has 0 amide bonds. The van der Waals surface area contributed by atoms with Crippen molar-refractivity contribution in [1.82, 2.24) is 5.32 Å². The van der Waals surface area contributed by atoms with Crippen LogP contribution in [0.15, 0.2) is 16.7 Å². The average Bonchev–Trinajstić information content (AvgIpc) is 2.91. The number of rotatable bonds is 8. The molecule has 0 saturated heterocycles. The predicted octanol–water partition coefficient (Wildman–Crippen LogP) is 2.05. The van der Waals surface area contributed by atoms with Gasteiger partial charge in [0.05, 0.1) is 24.6 Å². The lowest BCUT2D eigenvalue weighted by Crippen LogP contribution is -2.39. The summed E-state index contributed by atoms with van der Waals surface area (Å²) in [6.07, 6.45) is 2.43. The molecular formula is C14H21NO5. The number of carbonyl (C=O) groups excluding carboxylic acids is 1. The van der Waals surface area contributed by atoms with E-state index in [0.29, 0.717) is 37.3 Å². The van der Waals surface area contributed by atoms with E-state index in [1.54, 1.807) is 6.07 Å². The van der Waals surface area contributed by atoms with Crippen LogP contribution in [0.5, 0.6) is 0 Å². The molecule has 0 aliphatic heterocycles. The number of hydrogen-bond donors (Lipinski definition) is 2. The summed E-state index contributed by atoms with van der Waals surface area (Å²) in [5.41, 5.74) is -0.419. The van der Waals surface area contributed by atoms with Crippen LogP contribution in [0.25, 0.3) is 0 Å². The monoisotopic (exact) mass is 283 g/mol. The predicted molar refractivity (Wildman–Crippen MR) is 72.4 cm³/mol. The molecule has 1 rings (SSSR count). The second-order valence-electron chi connectivity index (χ2n) is 4.69. The first kappa shape index (κ1) is 16.2.